The van der Waals surface area contributed by atoms with Crippen LogP contribution in [0.15, 0.2) is 115 Å². The fraction of sp³-hybridized carbons (Fsp3) is 0. The van der Waals surface area contributed by atoms with Crippen molar-refractivity contribution in [3.8, 4) is 11.4 Å². The van der Waals surface area contributed by atoms with Gasteiger partial charge in [0.05, 0.1) is 22.1 Å². The van der Waals surface area contributed by atoms with Crippen molar-refractivity contribution in [3.63, 3.8) is 0 Å². The smallest absolute Gasteiger partial charge is 0.304 e. The van der Waals surface area contributed by atoms with E-state index >= 15 is 0 Å². The molecule has 0 radical (unpaired) electrons. The Hall–Kier alpha value is -4.28. The molecule has 7 aromatic rings. The molecule has 7 rings (SSSR count). The Labute approximate surface area is 197 Å². The summed E-state index contributed by atoms with van der Waals surface area (Å²) in [6.45, 7) is 0. The number of benzene rings is 5. The maximum atomic E-state index is 9.58. The molecule has 0 bridgehead atoms. The summed E-state index contributed by atoms with van der Waals surface area (Å²) in [6.07, 6.45) is 0. The van der Waals surface area contributed by atoms with E-state index in [1.54, 1.807) is 0 Å². The molecule has 0 unspecified atom stereocenters. The lowest BCUT2D eigenvalue weighted by Crippen LogP contribution is -2.12. The summed E-state index contributed by atoms with van der Waals surface area (Å²) >= 11 is 0. The average Bonchev–Trinajstić information content (AvgIpc) is 3.42. The summed E-state index contributed by atoms with van der Waals surface area (Å²) in [4.78, 5) is 0. The topological polar surface area (TPSA) is 30.1 Å². The van der Waals surface area contributed by atoms with Gasteiger partial charge in [0, 0.05) is 32.9 Å². The number of hydrogen-bond donors (Lipinski definition) is 1. The standard InChI is InChI=1S/C30H21BN2O/c34-31-20-14-16-22(17-15-20)33-28-13-7-5-11-24(28)26-19-18-25-23-10-4-6-12-27(23)32(29(25)30(26)33)21-8-2-1-3-9-21/h1-19,31,34H. The van der Waals surface area contributed by atoms with Crippen molar-refractivity contribution in [2.24, 2.45) is 0 Å². The van der Waals surface area contributed by atoms with Crippen LogP contribution in [0.25, 0.3) is 55.0 Å². The molecule has 0 spiro atoms. The van der Waals surface area contributed by atoms with Gasteiger partial charge in [0.25, 0.3) is 0 Å². The lowest BCUT2D eigenvalue weighted by atomic mass is 9.89. The molecule has 0 saturated heterocycles. The summed E-state index contributed by atoms with van der Waals surface area (Å²) < 4.78 is 4.76. The van der Waals surface area contributed by atoms with Crippen LogP contribution in [0, 0.1) is 0 Å². The summed E-state index contributed by atoms with van der Waals surface area (Å²) in [5, 5.41) is 14.5. The monoisotopic (exact) mass is 436 g/mol. The molecule has 5 aromatic carbocycles. The second-order valence-electron chi connectivity index (χ2n) is 8.72. The summed E-state index contributed by atoms with van der Waals surface area (Å²) in [6, 6.07) is 40.6. The molecule has 0 fully saturated rings. The minimum atomic E-state index is 0.0416. The SMILES string of the molecule is OBc1ccc(-n2c3ccccc3c3ccc4c5ccccc5n(-c5ccccc5)c4c32)cc1. The van der Waals surface area contributed by atoms with Gasteiger partial charge in [0.15, 0.2) is 0 Å². The molecule has 34 heavy (non-hydrogen) atoms. The van der Waals surface area contributed by atoms with Crippen molar-refractivity contribution in [1.82, 2.24) is 9.13 Å². The molecule has 1 N–H and O–H groups in total. The highest BCUT2D eigenvalue weighted by Crippen LogP contribution is 2.41. The van der Waals surface area contributed by atoms with E-state index in [-0.39, 0.29) is 7.48 Å². The number of aromatic nitrogens is 2. The van der Waals surface area contributed by atoms with Crippen LogP contribution >= 0.6 is 0 Å². The van der Waals surface area contributed by atoms with E-state index in [9.17, 15) is 5.02 Å². The largest absolute Gasteiger partial charge is 0.449 e. The number of fused-ring (bicyclic) bond motifs is 7. The summed E-state index contributed by atoms with van der Waals surface area (Å²) in [5.41, 5.74) is 7.90. The third kappa shape index (κ3) is 2.63. The highest BCUT2D eigenvalue weighted by atomic mass is 16.2. The summed E-state index contributed by atoms with van der Waals surface area (Å²) in [5.74, 6) is 0. The lowest BCUT2D eigenvalue weighted by molar-refractivity contribution is 0.615. The fourth-order valence-corrected chi connectivity index (χ4v) is 5.36. The Bertz CT molecular complexity index is 1830. The van der Waals surface area contributed by atoms with Gasteiger partial charge in [-0.15, -0.1) is 0 Å². The van der Waals surface area contributed by atoms with Crippen molar-refractivity contribution in [1.29, 1.82) is 0 Å². The normalized spacial score (nSPS) is 11.7. The first kappa shape index (κ1) is 19.2. The van der Waals surface area contributed by atoms with Crippen molar-refractivity contribution >= 4 is 56.6 Å². The van der Waals surface area contributed by atoms with E-state index in [0.717, 1.165) is 16.8 Å². The Morgan fingerprint density at radius 1 is 0.441 bits per heavy atom. The van der Waals surface area contributed by atoms with Crippen molar-refractivity contribution < 1.29 is 5.02 Å². The van der Waals surface area contributed by atoms with Gasteiger partial charge in [-0.1, -0.05) is 84.3 Å². The van der Waals surface area contributed by atoms with Crippen molar-refractivity contribution in [2.45, 2.75) is 0 Å². The first-order chi connectivity index (χ1) is 16.8. The number of para-hydroxylation sites is 3. The fourth-order valence-electron chi connectivity index (χ4n) is 5.36. The highest BCUT2D eigenvalue weighted by Gasteiger charge is 2.20. The molecule has 0 amide bonds. The van der Waals surface area contributed by atoms with Gasteiger partial charge in [-0.05, 0) is 36.4 Å². The Morgan fingerprint density at radius 3 is 1.44 bits per heavy atom. The third-order valence-electron chi connectivity index (χ3n) is 6.86. The van der Waals surface area contributed by atoms with E-state index in [1.807, 2.05) is 12.1 Å². The molecular weight excluding hydrogens is 415 g/mol. The molecule has 0 aliphatic carbocycles. The van der Waals surface area contributed by atoms with E-state index in [4.69, 9.17) is 0 Å². The molecule has 2 aromatic heterocycles. The van der Waals surface area contributed by atoms with Gasteiger partial charge in [0.2, 0.25) is 0 Å². The number of rotatable bonds is 3. The van der Waals surface area contributed by atoms with Crippen molar-refractivity contribution in [3.05, 3.63) is 115 Å². The molecule has 4 heteroatoms. The zero-order valence-electron chi connectivity index (χ0n) is 18.5. The molecule has 160 valence electrons. The van der Waals surface area contributed by atoms with Crippen LogP contribution in [0.3, 0.4) is 0 Å². The van der Waals surface area contributed by atoms with Gasteiger partial charge in [-0.25, -0.2) is 0 Å². The molecule has 0 saturated carbocycles. The van der Waals surface area contributed by atoms with Gasteiger partial charge < -0.3 is 14.2 Å². The average molecular weight is 436 g/mol. The van der Waals surface area contributed by atoms with Gasteiger partial charge in [0.1, 0.15) is 0 Å². The molecule has 0 atom stereocenters. The quantitative estimate of drug-likeness (QED) is 0.346. The third-order valence-corrected chi connectivity index (χ3v) is 6.86. The highest BCUT2D eigenvalue weighted by molar-refractivity contribution is 6.45. The predicted molar refractivity (Wildman–Crippen MR) is 144 cm³/mol. The Balaban J connectivity index is 1.75. The maximum Gasteiger partial charge on any atom is 0.304 e. The Morgan fingerprint density at radius 2 is 0.912 bits per heavy atom. The maximum absolute atomic E-state index is 9.58. The summed E-state index contributed by atoms with van der Waals surface area (Å²) in [7, 11) is 0.0416. The van der Waals surface area contributed by atoms with E-state index in [2.05, 4.69) is 112 Å². The van der Waals surface area contributed by atoms with Crippen LogP contribution in [0.4, 0.5) is 0 Å². The van der Waals surface area contributed by atoms with E-state index < -0.39 is 0 Å². The zero-order chi connectivity index (χ0) is 22.6. The Kier molecular flexibility index (Phi) is 4.17. The van der Waals surface area contributed by atoms with Gasteiger partial charge >= 0.3 is 7.48 Å². The second-order valence-corrected chi connectivity index (χ2v) is 8.72. The molecule has 0 aliphatic heterocycles. The second kappa shape index (κ2) is 7.37. The van der Waals surface area contributed by atoms with E-state index in [1.165, 1.54) is 43.6 Å². The molecular formula is C30H21BN2O. The minimum absolute atomic E-state index is 0.0416. The minimum Gasteiger partial charge on any atom is -0.449 e. The lowest BCUT2D eigenvalue weighted by Gasteiger charge is -2.12. The molecule has 3 nitrogen and oxygen atoms in total. The first-order valence-corrected chi connectivity index (χ1v) is 11.6. The van der Waals surface area contributed by atoms with Crippen LogP contribution in [0.1, 0.15) is 0 Å². The van der Waals surface area contributed by atoms with Gasteiger partial charge in [-0.3, -0.25) is 0 Å². The van der Waals surface area contributed by atoms with Crippen LogP contribution in [-0.4, -0.2) is 21.6 Å². The van der Waals surface area contributed by atoms with Crippen LogP contribution in [-0.2, 0) is 0 Å². The van der Waals surface area contributed by atoms with Gasteiger partial charge in [-0.2, -0.15) is 0 Å². The van der Waals surface area contributed by atoms with Crippen molar-refractivity contribution in [2.75, 3.05) is 0 Å². The van der Waals surface area contributed by atoms with Crippen LogP contribution < -0.4 is 5.46 Å². The van der Waals surface area contributed by atoms with Crippen LogP contribution in [0.5, 0.6) is 0 Å². The number of nitrogens with zero attached hydrogens (tertiary/aromatic N) is 2. The van der Waals surface area contributed by atoms with E-state index in [0.29, 0.717) is 0 Å². The predicted octanol–water partition coefficient (Wildman–Crippen LogP) is 5.85. The molecule has 2 heterocycles. The molecule has 0 aliphatic rings. The van der Waals surface area contributed by atoms with Crippen LogP contribution in [0.2, 0.25) is 0 Å². The first-order valence-electron chi connectivity index (χ1n) is 11.6. The number of hydrogen-bond acceptors (Lipinski definition) is 1. The zero-order valence-corrected chi connectivity index (χ0v) is 18.5.